The third kappa shape index (κ3) is 4.16. The highest BCUT2D eigenvalue weighted by atomic mass is 32.2. The standard InChI is InChI=1S/C21H21N5O3S/c1-14-11-18(27)22-16-9-5-6-10-17(16)26(14)19(28)13-30-21-24-23-20(29)25(21)12-15-7-3-2-4-8-15/h2-10,14H,11-13H2,1H3,(H,22,27)(H,23,29)/t14-/m1/s1. The van der Waals surface area contributed by atoms with Crippen molar-refractivity contribution in [2.75, 3.05) is 16.0 Å². The number of hydrogen-bond donors (Lipinski definition) is 2. The van der Waals surface area contributed by atoms with E-state index in [-0.39, 0.29) is 35.7 Å². The zero-order valence-electron chi connectivity index (χ0n) is 16.4. The van der Waals surface area contributed by atoms with Crippen molar-refractivity contribution in [1.29, 1.82) is 0 Å². The number of para-hydroxylation sites is 2. The maximum absolute atomic E-state index is 13.1. The van der Waals surface area contributed by atoms with Crippen LogP contribution in [0.15, 0.2) is 64.5 Å². The zero-order valence-corrected chi connectivity index (χ0v) is 17.2. The fraction of sp³-hybridized carbons (Fsp3) is 0.238. The van der Waals surface area contributed by atoms with Crippen molar-refractivity contribution in [3.63, 3.8) is 0 Å². The van der Waals surface area contributed by atoms with Crippen molar-refractivity contribution in [3.05, 3.63) is 70.6 Å². The first-order chi connectivity index (χ1) is 14.5. The minimum atomic E-state index is -0.322. The molecule has 3 aromatic rings. The maximum Gasteiger partial charge on any atom is 0.344 e. The molecule has 8 nitrogen and oxygen atoms in total. The van der Waals surface area contributed by atoms with Gasteiger partial charge in [0.2, 0.25) is 11.8 Å². The summed E-state index contributed by atoms with van der Waals surface area (Å²) in [6.07, 6.45) is 0.214. The molecule has 0 saturated heterocycles. The molecule has 2 aromatic carbocycles. The van der Waals surface area contributed by atoms with E-state index in [0.717, 1.165) is 5.56 Å². The van der Waals surface area contributed by atoms with E-state index in [9.17, 15) is 14.4 Å². The van der Waals surface area contributed by atoms with Crippen LogP contribution in [-0.2, 0) is 16.1 Å². The van der Waals surface area contributed by atoms with Gasteiger partial charge in [-0.15, -0.1) is 5.10 Å². The number of thioether (sulfide) groups is 1. The molecule has 1 atom stereocenters. The predicted molar refractivity (Wildman–Crippen MR) is 116 cm³/mol. The summed E-state index contributed by atoms with van der Waals surface area (Å²) in [5, 5.41) is 9.83. The number of benzene rings is 2. The molecule has 30 heavy (non-hydrogen) atoms. The normalized spacial score (nSPS) is 16.0. The molecule has 0 fully saturated rings. The number of nitrogens with one attached hydrogen (secondary N) is 2. The Balaban J connectivity index is 1.53. The van der Waals surface area contributed by atoms with Gasteiger partial charge in [0.25, 0.3) is 0 Å². The molecule has 1 aromatic heterocycles. The van der Waals surface area contributed by atoms with E-state index >= 15 is 0 Å². The third-order valence-electron chi connectivity index (χ3n) is 4.86. The summed E-state index contributed by atoms with van der Waals surface area (Å²) in [4.78, 5) is 39.1. The van der Waals surface area contributed by atoms with Crippen LogP contribution >= 0.6 is 11.8 Å². The molecule has 0 radical (unpaired) electrons. The molecule has 0 bridgehead atoms. The smallest absolute Gasteiger partial charge is 0.324 e. The molecule has 9 heteroatoms. The largest absolute Gasteiger partial charge is 0.344 e. The number of aromatic nitrogens is 3. The molecule has 0 saturated carbocycles. The topological polar surface area (TPSA) is 100 Å². The molecule has 2 amide bonds. The first-order valence-electron chi connectivity index (χ1n) is 9.56. The van der Waals surface area contributed by atoms with Crippen LogP contribution in [-0.4, -0.2) is 38.4 Å². The molecule has 2 N–H and O–H groups in total. The number of fused-ring (bicyclic) bond motifs is 1. The molecule has 1 aliphatic heterocycles. The Labute approximate surface area is 177 Å². The lowest BCUT2D eigenvalue weighted by atomic mass is 10.2. The summed E-state index contributed by atoms with van der Waals surface area (Å²) in [7, 11) is 0. The van der Waals surface area contributed by atoms with E-state index in [4.69, 9.17) is 0 Å². The summed E-state index contributed by atoms with van der Waals surface area (Å²) < 4.78 is 1.51. The summed E-state index contributed by atoms with van der Waals surface area (Å²) in [6, 6.07) is 16.6. The number of amides is 2. The van der Waals surface area contributed by atoms with Crippen LogP contribution in [0.1, 0.15) is 18.9 Å². The lowest BCUT2D eigenvalue weighted by Gasteiger charge is -2.27. The first-order valence-corrected chi connectivity index (χ1v) is 10.5. The fourth-order valence-electron chi connectivity index (χ4n) is 3.48. The van der Waals surface area contributed by atoms with Crippen LogP contribution in [0.5, 0.6) is 0 Å². The molecule has 2 heterocycles. The SMILES string of the molecule is C[C@@H]1CC(=O)Nc2ccccc2N1C(=O)CSc1n[nH]c(=O)n1Cc1ccccc1. The highest BCUT2D eigenvalue weighted by Crippen LogP contribution is 2.32. The van der Waals surface area contributed by atoms with Gasteiger partial charge in [0, 0.05) is 12.5 Å². The van der Waals surface area contributed by atoms with E-state index in [2.05, 4.69) is 15.5 Å². The summed E-state index contributed by atoms with van der Waals surface area (Å²) >= 11 is 1.20. The Hall–Kier alpha value is -3.33. The summed E-state index contributed by atoms with van der Waals surface area (Å²) in [5.74, 6) is -0.188. The Kier molecular flexibility index (Phi) is 5.71. The van der Waals surface area contributed by atoms with Gasteiger partial charge in [-0.25, -0.2) is 9.89 Å². The number of anilines is 2. The number of aromatic amines is 1. The van der Waals surface area contributed by atoms with Gasteiger partial charge >= 0.3 is 5.69 Å². The number of H-pyrrole nitrogens is 1. The van der Waals surface area contributed by atoms with Crippen LogP contribution in [0.4, 0.5) is 11.4 Å². The van der Waals surface area contributed by atoms with Gasteiger partial charge in [-0.2, -0.15) is 0 Å². The van der Waals surface area contributed by atoms with Gasteiger partial charge in [-0.3, -0.25) is 14.2 Å². The van der Waals surface area contributed by atoms with Gasteiger partial charge in [0.1, 0.15) is 0 Å². The van der Waals surface area contributed by atoms with Crippen molar-refractivity contribution >= 4 is 35.0 Å². The first kappa shape index (κ1) is 20.0. The van der Waals surface area contributed by atoms with Crippen molar-refractivity contribution in [3.8, 4) is 0 Å². The van der Waals surface area contributed by atoms with E-state index in [1.54, 1.807) is 11.0 Å². The van der Waals surface area contributed by atoms with Gasteiger partial charge < -0.3 is 10.2 Å². The summed E-state index contributed by atoms with van der Waals surface area (Å²) in [5.41, 5.74) is 1.93. The molecule has 0 spiro atoms. The minimum Gasteiger partial charge on any atom is -0.324 e. The second kappa shape index (κ2) is 8.58. The second-order valence-corrected chi connectivity index (χ2v) is 8.00. The Morgan fingerprint density at radius 2 is 1.87 bits per heavy atom. The Morgan fingerprint density at radius 1 is 1.13 bits per heavy atom. The van der Waals surface area contributed by atoms with Gasteiger partial charge in [-0.05, 0) is 24.6 Å². The maximum atomic E-state index is 13.1. The molecular weight excluding hydrogens is 402 g/mol. The van der Waals surface area contributed by atoms with E-state index in [0.29, 0.717) is 23.1 Å². The number of carbonyl (C=O) groups is 2. The number of carbonyl (C=O) groups excluding carboxylic acids is 2. The quantitative estimate of drug-likeness (QED) is 0.614. The van der Waals surface area contributed by atoms with Gasteiger partial charge in [0.05, 0.1) is 23.7 Å². The average Bonchev–Trinajstić information content (AvgIpc) is 3.01. The van der Waals surface area contributed by atoms with E-state index in [1.165, 1.54) is 16.3 Å². The van der Waals surface area contributed by atoms with Crippen LogP contribution in [0.2, 0.25) is 0 Å². The van der Waals surface area contributed by atoms with Gasteiger partial charge in [0.15, 0.2) is 5.16 Å². The summed E-state index contributed by atoms with van der Waals surface area (Å²) in [6.45, 7) is 2.22. The number of rotatable bonds is 5. The lowest BCUT2D eigenvalue weighted by Crippen LogP contribution is -2.40. The molecule has 0 aliphatic carbocycles. The predicted octanol–water partition coefficient (Wildman–Crippen LogP) is 2.48. The molecule has 154 valence electrons. The minimum absolute atomic E-state index is 0.0892. The van der Waals surface area contributed by atoms with Crippen LogP contribution in [0, 0.1) is 0 Å². The zero-order chi connectivity index (χ0) is 21.1. The van der Waals surface area contributed by atoms with Crippen molar-refractivity contribution in [2.45, 2.75) is 31.1 Å². The van der Waals surface area contributed by atoms with Gasteiger partial charge in [-0.1, -0.05) is 54.2 Å². The monoisotopic (exact) mass is 423 g/mol. The van der Waals surface area contributed by atoms with Crippen molar-refractivity contribution < 1.29 is 9.59 Å². The number of nitrogens with zero attached hydrogens (tertiary/aromatic N) is 3. The Morgan fingerprint density at radius 3 is 2.67 bits per heavy atom. The highest BCUT2D eigenvalue weighted by molar-refractivity contribution is 7.99. The van der Waals surface area contributed by atoms with Crippen LogP contribution in [0.25, 0.3) is 0 Å². The molecular formula is C21H21N5O3S. The fourth-order valence-corrected chi connectivity index (χ4v) is 4.29. The average molecular weight is 423 g/mol. The van der Waals surface area contributed by atoms with E-state index < -0.39 is 0 Å². The lowest BCUT2D eigenvalue weighted by molar-refractivity contribution is -0.117. The van der Waals surface area contributed by atoms with Crippen molar-refractivity contribution in [1.82, 2.24) is 14.8 Å². The highest BCUT2D eigenvalue weighted by Gasteiger charge is 2.29. The second-order valence-electron chi connectivity index (χ2n) is 7.05. The number of hydrogen-bond acceptors (Lipinski definition) is 5. The molecule has 0 unspecified atom stereocenters. The van der Waals surface area contributed by atoms with Crippen LogP contribution < -0.4 is 15.9 Å². The molecule has 1 aliphatic rings. The van der Waals surface area contributed by atoms with E-state index in [1.807, 2.05) is 55.5 Å². The molecule has 4 rings (SSSR count). The van der Waals surface area contributed by atoms with Crippen molar-refractivity contribution in [2.24, 2.45) is 0 Å². The van der Waals surface area contributed by atoms with Crippen LogP contribution in [0.3, 0.4) is 0 Å². The Bertz CT molecular complexity index is 1120. The third-order valence-corrected chi connectivity index (χ3v) is 5.82.